The minimum Gasteiger partial charge on any atom is -0.394 e. The number of hydrogen-bond donors (Lipinski definition) is 3. The average Bonchev–Trinajstić information content (AvgIpc) is 2.46. The maximum Gasteiger partial charge on any atom is 0.241 e. The lowest BCUT2D eigenvalue weighted by Gasteiger charge is -2.33. The molecule has 5 N–H and O–H groups in total. The Morgan fingerprint density at radius 2 is 2.21 bits per heavy atom. The van der Waals surface area contributed by atoms with E-state index in [0.717, 1.165) is 18.5 Å². The molecule has 2 heterocycles. The molecule has 0 saturated carbocycles. The molecule has 1 aliphatic heterocycles. The third-order valence-electron chi connectivity index (χ3n) is 3.43. The average molecular weight is 265 g/mol. The van der Waals surface area contributed by atoms with Gasteiger partial charge < -0.3 is 21.5 Å². The zero-order valence-corrected chi connectivity index (χ0v) is 10.7. The molecular formula is C12H19N5O2. The van der Waals surface area contributed by atoms with E-state index >= 15 is 0 Å². The largest absolute Gasteiger partial charge is 0.394 e. The number of aromatic nitrogens is 2. The van der Waals surface area contributed by atoms with Gasteiger partial charge in [0.15, 0.2) is 0 Å². The van der Waals surface area contributed by atoms with Crippen LogP contribution in [0.3, 0.4) is 0 Å². The van der Waals surface area contributed by atoms with Crippen LogP contribution in [-0.2, 0) is 4.79 Å². The van der Waals surface area contributed by atoms with Gasteiger partial charge in [-0.25, -0.2) is 9.97 Å². The standard InChI is InChI=1S/C12H19N5O2/c13-9(7-18)11(19)17-5-2-8(3-6-17)10-1-4-15-12(14)16-10/h1,4,8-9,18H,2-3,5-7,13H2,(H2,14,15,16)/t9-/m0/s1. The molecular weight excluding hydrogens is 246 g/mol. The van der Waals surface area contributed by atoms with E-state index in [-0.39, 0.29) is 18.5 Å². The number of hydrogen-bond acceptors (Lipinski definition) is 6. The number of piperidine rings is 1. The first kappa shape index (κ1) is 13.7. The molecule has 1 aliphatic rings. The molecule has 7 heteroatoms. The van der Waals surface area contributed by atoms with Crippen LogP contribution in [0.1, 0.15) is 24.5 Å². The van der Waals surface area contributed by atoms with Crippen molar-refractivity contribution in [1.29, 1.82) is 0 Å². The molecule has 1 aromatic heterocycles. The maximum atomic E-state index is 11.8. The molecule has 1 amide bonds. The van der Waals surface area contributed by atoms with Gasteiger partial charge in [0.1, 0.15) is 6.04 Å². The summed E-state index contributed by atoms with van der Waals surface area (Å²) in [6.07, 6.45) is 3.29. The molecule has 0 radical (unpaired) electrons. The van der Waals surface area contributed by atoms with E-state index in [4.69, 9.17) is 16.6 Å². The Kier molecular flexibility index (Phi) is 4.28. The number of nitrogens with two attached hydrogens (primary N) is 2. The van der Waals surface area contributed by atoms with Crippen LogP contribution in [0.5, 0.6) is 0 Å². The van der Waals surface area contributed by atoms with Gasteiger partial charge in [0.25, 0.3) is 0 Å². The summed E-state index contributed by atoms with van der Waals surface area (Å²) >= 11 is 0. The van der Waals surface area contributed by atoms with E-state index in [2.05, 4.69) is 9.97 Å². The fourth-order valence-electron chi connectivity index (χ4n) is 2.32. The van der Waals surface area contributed by atoms with Crippen LogP contribution < -0.4 is 11.5 Å². The van der Waals surface area contributed by atoms with Gasteiger partial charge in [-0.15, -0.1) is 0 Å². The molecule has 0 aromatic carbocycles. The van der Waals surface area contributed by atoms with Crippen LogP contribution in [0, 0.1) is 0 Å². The first-order valence-corrected chi connectivity index (χ1v) is 6.35. The van der Waals surface area contributed by atoms with Crippen LogP contribution in [0.2, 0.25) is 0 Å². The smallest absolute Gasteiger partial charge is 0.241 e. The number of aliphatic hydroxyl groups excluding tert-OH is 1. The Hall–Kier alpha value is -1.73. The maximum absolute atomic E-state index is 11.8. The number of amides is 1. The predicted molar refractivity (Wildman–Crippen MR) is 70.1 cm³/mol. The van der Waals surface area contributed by atoms with Crippen molar-refractivity contribution < 1.29 is 9.90 Å². The lowest BCUT2D eigenvalue weighted by molar-refractivity contribution is -0.134. The first-order chi connectivity index (χ1) is 9.11. The fourth-order valence-corrected chi connectivity index (χ4v) is 2.32. The summed E-state index contributed by atoms with van der Waals surface area (Å²) in [5.74, 6) is 0.376. The Balaban J connectivity index is 1.94. The molecule has 1 atom stereocenters. The van der Waals surface area contributed by atoms with Crippen LogP contribution in [0.4, 0.5) is 5.95 Å². The summed E-state index contributed by atoms with van der Waals surface area (Å²) < 4.78 is 0. The SMILES string of the molecule is Nc1nccc(C2CCN(C(=O)[C@@H](N)CO)CC2)n1. The number of carbonyl (C=O) groups excluding carboxylic acids is 1. The Labute approximate surface area is 111 Å². The summed E-state index contributed by atoms with van der Waals surface area (Å²) in [6.45, 7) is 0.934. The number of nitrogen functional groups attached to an aromatic ring is 1. The first-order valence-electron chi connectivity index (χ1n) is 6.35. The van der Waals surface area contributed by atoms with E-state index in [1.54, 1.807) is 11.1 Å². The Bertz CT molecular complexity index is 446. The van der Waals surface area contributed by atoms with E-state index in [1.165, 1.54) is 0 Å². The molecule has 0 unspecified atom stereocenters. The van der Waals surface area contributed by atoms with Gasteiger partial charge in [-0.05, 0) is 18.9 Å². The summed E-state index contributed by atoms with van der Waals surface area (Å²) in [5, 5.41) is 8.89. The predicted octanol–water partition coefficient (Wildman–Crippen LogP) is -0.916. The van der Waals surface area contributed by atoms with Gasteiger partial charge in [0.05, 0.1) is 6.61 Å². The van der Waals surface area contributed by atoms with Gasteiger partial charge >= 0.3 is 0 Å². The Morgan fingerprint density at radius 1 is 1.53 bits per heavy atom. The second kappa shape index (κ2) is 5.94. The molecule has 19 heavy (non-hydrogen) atoms. The molecule has 0 spiro atoms. The monoisotopic (exact) mass is 265 g/mol. The number of carbonyl (C=O) groups is 1. The van der Waals surface area contributed by atoms with Crippen molar-refractivity contribution in [2.45, 2.75) is 24.8 Å². The van der Waals surface area contributed by atoms with Crippen LogP contribution in [-0.4, -0.2) is 51.6 Å². The number of likely N-dealkylation sites (tertiary alicyclic amines) is 1. The number of rotatable bonds is 3. The lowest BCUT2D eigenvalue weighted by atomic mass is 9.93. The molecule has 0 bridgehead atoms. The van der Waals surface area contributed by atoms with E-state index in [0.29, 0.717) is 19.0 Å². The van der Waals surface area contributed by atoms with Crippen molar-refractivity contribution in [1.82, 2.24) is 14.9 Å². The summed E-state index contributed by atoms with van der Waals surface area (Å²) in [4.78, 5) is 21.6. The molecule has 1 saturated heterocycles. The molecule has 1 aromatic rings. The van der Waals surface area contributed by atoms with Crippen LogP contribution >= 0.6 is 0 Å². The van der Waals surface area contributed by atoms with Crippen LogP contribution in [0.15, 0.2) is 12.3 Å². The molecule has 1 fully saturated rings. The van der Waals surface area contributed by atoms with Gasteiger partial charge in [0.2, 0.25) is 11.9 Å². The number of nitrogens with zero attached hydrogens (tertiary/aromatic N) is 3. The van der Waals surface area contributed by atoms with Gasteiger partial charge in [-0.2, -0.15) is 0 Å². The lowest BCUT2D eigenvalue weighted by Crippen LogP contribution is -2.48. The summed E-state index contributed by atoms with van der Waals surface area (Å²) in [6, 6.07) is 1.05. The molecule has 104 valence electrons. The van der Waals surface area contributed by atoms with Crippen molar-refractivity contribution in [3.05, 3.63) is 18.0 Å². The highest BCUT2D eigenvalue weighted by molar-refractivity contribution is 5.81. The fraction of sp³-hybridized carbons (Fsp3) is 0.583. The minimum absolute atomic E-state index is 0.192. The highest BCUT2D eigenvalue weighted by Crippen LogP contribution is 2.26. The topological polar surface area (TPSA) is 118 Å². The zero-order valence-electron chi connectivity index (χ0n) is 10.7. The zero-order chi connectivity index (χ0) is 13.8. The highest BCUT2D eigenvalue weighted by Gasteiger charge is 2.27. The van der Waals surface area contributed by atoms with Gasteiger partial charge in [0, 0.05) is 30.9 Å². The number of anilines is 1. The van der Waals surface area contributed by atoms with E-state index in [1.807, 2.05) is 6.07 Å². The molecule has 0 aliphatic carbocycles. The second-order valence-corrected chi connectivity index (χ2v) is 4.73. The molecule has 7 nitrogen and oxygen atoms in total. The van der Waals surface area contributed by atoms with Crippen molar-refractivity contribution in [2.24, 2.45) is 5.73 Å². The normalized spacial score (nSPS) is 18.3. The van der Waals surface area contributed by atoms with E-state index in [9.17, 15) is 4.79 Å². The Morgan fingerprint density at radius 3 is 2.79 bits per heavy atom. The summed E-state index contributed by atoms with van der Waals surface area (Å²) in [5.41, 5.74) is 12.0. The highest BCUT2D eigenvalue weighted by atomic mass is 16.3. The second-order valence-electron chi connectivity index (χ2n) is 4.73. The third kappa shape index (κ3) is 3.18. The van der Waals surface area contributed by atoms with E-state index < -0.39 is 6.04 Å². The quantitative estimate of drug-likeness (QED) is 0.650. The van der Waals surface area contributed by atoms with Crippen molar-refractivity contribution in [3.8, 4) is 0 Å². The number of aliphatic hydroxyl groups is 1. The van der Waals surface area contributed by atoms with Crippen LogP contribution in [0.25, 0.3) is 0 Å². The third-order valence-corrected chi connectivity index (χ3v) is 3.43. The van der Waals surface area contributed by atoms with Crippen molar-refractivity contribution in [2.75, 3.05) is 25.4 Å². The summed E-state index contributed by atoms with van der Waals surface area (Å²) in [7, 11) is 0. The van der Waals surface area contributed by atoms with Gasteiger partial charge in [-0.1, -0.05) is 0 Å². The molecule has 2 rings (SSSR count). The van der Waals surface area contributed by atoms with Crippen molar-refractivity contribution in [3.63, 3.8) is 0 Å². The van der Waals surface area contributed by atoms with Gasteiger partial charge in [-0.3, -0.25) is 4.79 Å². The van der Waals surface area contributed by atoms with Crippen molar-refractivity contribution >= 4 is 11.9 Å². The minimum atomic E-state index is -0.814.